The van der Waals surface area contributed by atoms with Gasteiger partial charge < -0.3 is 4.57 Å². The maximum Gasteiger partial charge on any atom is 0.150 e. The highest BCUT2D eigenvalue weighted by Gasteiger charge is 2.20. The van der Waals surface area contributed by atoms with Gasteiger partial charge in [0.25, 0.3) is 0 Å². The van der Waals surface area contributed by atoms with Gasteiger partial charge in [-0.15, -0.1) is 0 Å². The first-order valence-corrected chi connectivity index (χ1v) is 6.95. The van der Waals surface area contributed by atoms with Crippen molar-refractivity contribution >= 4 is 34.4 Å². The molecular weight excluding hydrogens is 262 g/mol. The molecule has 0 aliphatic heterocycles. The Morgan fingerprint density at radius 1 is 0.810 bits per heavy atom. The molecule has 0 fully saturated rings. The lowest BCUT2D eigenvalue weighted by atomic mass is 10.1. The van der Waals surface area contributed by atoms with Crippen molar-refractivity contribution < 1.29 is 9.59 Å². The van der Waals surface area contributed by atoms with E-state index >= 15 is 0 Å². The van der Waals surface area contributed by atoms with Crippen molar-refractivity contribution in [3.63, 3.8) is 0 Å². The van der Waals surface area contributed by atoms with Crippen LogP contribution in [0.1, 0.15) is 41.5 Å². The number of aldehydes is 2. The number of nitrogens with zero attached hydrogens (tertiary/aromatic N) is 1. The fraction of sp³-hybridized carbons (Fsp3) is 0.222. The molecule has 106 valence electrons. The molecule has 0 unspecified atom stereocenters. The fourth-order valence-corrected chi connectivity index (χ4v) is 2.93. The minimum Gasteiger partial charge on any atom is -0.335 e. The van der Waals surface area contributed by atoms with E-state index in [-0.39, 0.29) is 5.54 Å². The number of fused-ring (bicyclic) bond motifs is 3. The van der Waals surface area contributed by atoms with Crippen molar-refractivity contribution in [2.24, 2.45) is 0 Å². The molecule has 0 spiro atoms. The van der Waals surface area contributed by atoms with Crippen LogP contribution in [0.2, 0.25) is 0 Å². The zero-order valence-corrected chi connectivity index (χ0v) is 12.4. The molecule has 1 aromatic heterocycles. The van der Waals surface area contributed by atoms with Gasteiger partial charge in [-0.1, -0.05) is 0 Å². The molecule has 0 radical (unpaired) electrons. The Kier molecular flexibility index (Phi) is 2.94. The van der Waals surface area contributed by atoms with E-state index in [2.05, 4.69) is 25.3 Å². The van der Waals surface area contributed by atoms with Gasteiger partial charge in [-0.2, -0.15) is 0 Å². The normalized spacial score (nSPS) is 12.0. The molecule has 0 saturated carbocycles. The van der Waals surface area contributed by atoms with Crippen molar-refractivity contribution in [2.75, 3.05) is 0 Å². The molecule has 0 atom stereocenters. The quantitative estimate of drug-likeness (QED) is 0.660. The molecule has 3 rings (SSSR count). The summed E-state index contributed by atoms with van der Waals surface area (Å²) in [6.45, 7) is 6.44. The van der Waals surface area contributed by atoms with Gasteiger partial charge in [0.1, 0.15) is 12.6 Å². The summed E-state index contributed by atoms with van der Waals surface area (Å²) < 4.78 is 2.25. The molecule has 0 bridgehead atoms. The van der Waals surface area contributed by atoms with Crippen LogP contribution in [0.3, 0.4) is 0 Å². The first-order chi connectivity index (χ1) is 9.95. The number of carbonyl (C=O) groups excluding carboxylic acids is 2. The van der Waals surface area contributed by atoms with E-state index in [1.165, 1.54) is 0 Å². The molecule has 1 heterocycles. The van der Waals surface area contributed by atoms with E-state index in [1.54, 1.807) is 0 Å². The van der Waals surface area contributed by atoms with Crippen LogP contribution in [-0.4, -0.2) is 17.1 Å². The van der Waals surface area contributed by atoms with E-state index in [0.717, 1.165) is 34.4 Å². The molecule has 0 aliphatic rings. The van der Waals surface area contributed by atoms with Crippen LogP contribution in [0.25, 0.3) is 21.8 Å². The number of benzene rings is 2. The zero-order valence-electron chi connectivity index (χ0n) is 12.4. The summed E-state index contributed by atoms with van der Waals surface area (Å²) in [5.74, 6) is 0. The van der Waals surface area contributed by atoms with Gasteiger partial charge in [0, 0.05) is 38.5 Å². The highest BCUT2D eigenvalue weighted by molar-refractivity contribution is 6.10. The van der Waals surface area contributed by atoms with E-state index in [0.29, 0.717) is 11.1 Å². The van der Waals surface area contributed by atoms with E-state index in [4.69, 9.17) is 0 Å². The summed E-state index contributed by atoms with van der Waals surface area (Å²) in [5.41, 5.74) is 3.35. The number of hydrogen-bond acceptors (Lipinski definition) is 2. The van der Waals surface area contributed by atoms with Crippen LogP contribution in [0.4, 0.5) is 0 Å². The van der Waals surface area contributed by atoms with Crippen molar-refractivity contribution in [3.05, 3.63) is 47.5 Å². The van der Waals surface area contributed by atoms with Crippen molar-refractivity contribution in [1.29, 1.82) is 0 Å². The van der Waals surface area contributed by atoms with Crippen LogP contribution >= 0.6 is 0 Å². The largest absolute Gasteiger partial charge is 0.335 e. The lowest BCUT2D eigenvalue weighted by Gasteiger charge is -2.24. The van der Waals surface area contributed by atoms with E-state index in [1.807, 2.05) is 36.4 Å². The minimum atomic E-state index is -0.0919. The Balaban J connectivity index is 2.54. The average Bonchev–Trinajstić information content (AvgIpc) is 2.79. The minimum absolute atomic E-state index is 0.0919. The Bertz CT molecular complexity index is 801. The molecule has 21 heavy (non-hydrogen) atoms. The van der Waals surface area contributed by atoms with Crippen LogP contribution in [0, 0.1) is 0 Å². The second kappa shape index (κ2) is 4.55. The van der Waals surface area contributed by atoms with Crippen LogP contribution < -0.4 is 0 Å². The highest BCUT2D eigenvalue weighted by Crippen LogP contribution is 2.34. The standard InChI is InChI=1S/C18H17NO2/c1-18(2,3)19-16-6-4-12(10-20)8-14(16)15-9-13(11-21)5-7-17(15)19/h4-11H,1-3H3. The van der Waals surface area contributed by atoms with Crippen molar-refractivity contribution in [1.82, 2.24) is 4.57 Å². The molecule has 0 aliphatic carbocycles. The van der Waals surface area contributed by atoms with Crippen LogP contribution in [0.15, 0.2) is 36.4 Å². The fourth-order valence-electron chi connectivity index (χ4n) is 2.93. The predicted molar refractivity (Wildman–Crippen MR) is 85.2 cm³/mol. The Hall–Kier alpha value is -2.42. The summed E-state index contributed by atoms with van der Waals surface area (Å²) in [4.78, 5) is 22.1. The first kappa shape index (κ1) is 13.6. The van der Waals surface area contributed by atoms with Crippen molar-refractivity contribution in [3.8, 4) is 0 Å². The van der Waals surface area contributed by atoms with Gasteiger partial charge in [0.2, 0.25) is 0 Å². The smallest absolute Gasteiger partial charge is 0.150 e. The Labute approximate surface area is 123 Å². The molecular formula is C18H17NO2. The summed E-state index contributed by atoms with van der Waals surface area (Å²) >= 11 is 0. The number of carbonyl (C=O) groups is 2. The van der Waals surface area contributed by atoms with Gasteiger partial charge in [-0.3, -0.25) is 9.59 Å². The molecule has 2 aromatic carbocycles. The molecule has 0 N–H and O–H groups in total. The number of hydrogen-bond donors (Lipinski definition) is 0. The number of aromatic nitrogens is 1. The molecule has 0 saturated heterocycles. The van der Waals surface area contributed by atoms with Crippen molar-refractivity contribution in [2.45, 2.75) is 26.3 Å². The van der Waals surface area contributed by atoms with Gasteiger partial charge in [0.05, 0.1) is 0 Å². The second-order valence-corrected chi connectivity index (χ2v) is 6.30. The third-order valence-electron chi connectivity index (χ3n) is 3.76. The molecule has 3 aromatic rings. The maximum atomic E-state index is 11.1. The summed E-state index contributed by atoms with van der Waals surface area (Å²) in [5, 5.41) is 2.02. The van der Waals surface area contributed by atoms with Gasteiger partial charge in [0.15, 0.2) is 0 Å². The third kappa shape index (κ3) is 2.05. The summed E-state index contributed by atoms with van der Waals surface area (Å²) in [6.07, 6.45) is 1.70. The molecule has 3 heteroatoms. The predicted octanol–water partition coefficient (Wildman–Crippen LogP) is 4.17. The van der Waals surface area contributed by atoms with E-state index < -0.39 is 0 Å². The zero-order chi connectivity index (χ0) is 15.2. The molecule has 3 nitrogen and oxygen atoms in total. The van der Waals surface area contributed by atoms with E-state index in [9.17, 15) is 9.59 Å². The van der Waals surface area contributed by atoms with Gasteiger partial charge in [-0.05, 0) is 57.2 Å². The second-order valence-electron chi connectivity index (χ2n) is 6.30. The topological polar surface area (TPSA) is 39.1 Å². The van der Waals surface area contributed by atoms with Gasteiger partial charge >= 0.3 is 0 Å². The highest BCUT2D eigenvalue weighted by atomic mass is 16.1. The summed E-state index contributed by atoms with van der Waals surface area (Å²) in [7, 11) is 0. The van der Waals surface area contributed by atoms with Crippen LogP contribution in [-0.2, 0) is 5.54 Å². The first-order valence-electron chi connectivity index (χ1n) is 6.95. The average molecular weight is 279 g/mol. The monoisotopic (exact) mass is 279 g/mol. The summed E-state index contributed by atoms with van der Waals surface area (Å²) in [6, 6.07) is 11.4. The lowest BCUT2D eigenvalue weighted by Crippen LogP contribution is -2.21. The maximum absolute atomic E-state index is 11.1. The SMILES string of the molecule is CC(C)(C)n1c2ccc(C=O)cc2c2cc(C=O)ccc21. The van der Waals surface area contributed by atoms with Gasteiger partial charge in [-0.25, -0.2) is 0 Å². The third-order valence-corrected chi connectivity index (χ3v) is 3.76. The number of rotatable bonds is 2. The lowest BCUT2D eigenvalue weighted by molar-refractivity contribution is 0.111. The van der Waals surface area contributed by atoms with Crippen LogP contribution in [0.5, 0.6) is 0 Å². The Morgan fingerprint density at radius 3 is 1.57 bits per heavy atom. The molecule has 0 amide bonds. The Morgan fingerprint density at radius 2 is 1.24 bits per heavy atom.